The zero-order valence-electron chi connectivity index (χ0n) is 11.0. The third-order valence-corrected chi connectivity index (χ3v) is 5.77. The molecule has 0 saturated heterocycles. The molecular formula is C14H17NO4S. The normalized spacial score (nSPS) is 19.2. The largest absolute Gasteiger partial charge is 0.478 e. The van der Waals surface area contributed by atoms with E-state index in [1.165, 1.54) is 16.4 Å². The van der Waals surface area contributed by atoms with Crippen LogP contribution in [-0.4, -0.2) is 36.4 Å². The molecule has 5 nitrogen and oxygen atoms in total. The monoisotopic (exact) mass is 295 g/mol. The van der Waals surface area contributed by atoms with Gasteiger partial charge in [0, 0.05) is 12.6 Å². The quantitative estimate of drug-likeness (QED) is 0.870. The lowest BCUT2D eigenvalue weighted by atomic mass is 10.2. The molecule has 1 N–H and O–H groups in total. The van der Waals surface area contributed by atoms with Gasteiger partial charge in [-0.3, -0.25) is 0 Å². The summed E-state index contributed by atoms with van der Waals surface area (Å²) < 4.78 is 27.1. The number of rotatable bonds is 6. The van der Waals surface area contributed by atoms with Gasteiger partial charge in [0.2, 0.25) is 10.0 Å². The Hall–Kier alpha value is -1.40. The van der Waals surface area contributed by atoms with Crippen LogP contribution in [0.1, 0.15) is 36.0 Å². The number of carbonyl (C=O) groups is 1. The molecule has 0 atom stereocenters. The fourth-order valence-electron chi connectivity index (χ4n) is 2.36. The maximum atomic E-state index is 12.8. The van der Waals surface area contributed by atoms with Crippen LogP contribution in [-0.2, 0) is 10.0 Å². The molecule has 108 valence electrons. The van der Waals surface area contributed by atoms with Crippen molar-refractivity contribution >= 4 is 16.0 Å². The highest BCUT2D eigenvalue weighted by atomic mass is 32.2. The Kier molecular flexibility index (Phi) is 3.30. The Morgan fingerprint density at radius 2 is 1.85 bits per heavy atom. The van der Waals surface area contributed by atoms with Gasteiger partial charge in [0.25, 0.3) is 0 Å². The molecule has 0 unspecified atom stereocenters. The molecule has 0 aliphatic heterocycles. The van der Waals surface area contributed by atoms with Gasteiger partial charge in [0.15, 0.2) is 0 Å². The van der Waals surface area contributed by atoms with Gasteiger partial charge >= 0.3 is 5.97 Å². The molecule has 6 heteroatoms. The predicted molar refractivity (Wildman–Crippen MR) is 73.0 cm³/mol. The van der Waals surface area contributed by atoms with E-state index in [1.807, 2.05) is 0 Å². The van der Waals surface area contributed by atoms with E-state index in [2.05, 4.69) is 0 Å². The SMILES string of the molecule is O=C(O)c1ccccc1S(=O)(=O)N(CC1CC1)C1CC1. The molecular weight excluding hydrogens is 278 g/mol. The number of sulfonamides is 1. The highest BCUT2D eigenvalue weighted by Crippen LogP contribution is 2.38. The van der Waals surface area contributed by atoms with Crippen molar-refractivity contribution in [3.05, 3.63) is 29.8 Å². The van der Waals surface area contributed by atoms with E-state index in [9.17, 15) is 18.3 Å². The number of benzene rings is 1. The molecule has 2 saturated carbocycles. The maximum Gasteiger partial charge on any atom is 0.337 e. The van der Waals surface area contributed by atoms with Crippen LogP contribution in [0.5, 0.6) is 0 Å². The number of hydrogen-bond donors (Lipinski definition) is 1. The molecule has 0 heterocycles. The maximum absolute atomic E-state index is 12.8. The Morgan fingerprint density at radius 1 is 1.20 bits per heavy atom. The van der Waals surface area contributed by atoms with Crippen LogP contribution in [0.25, 0.3) is 0 Å². The summed E-state index contributed by atoms with van der Waals surface area (Å²) in [5.74, 6) is -0.756. The van der Waals surface area contributed by atoms with Crippen molar-refractivity contribution in [3.8, 4) is 0 Å². The molecule has 0 aromatic heterocycles. The molecule has 2 fully saturated rings. The Bertz CT molecular complexity index is 632. The molecule has 20 heavy (non-hydrogen) atoms. The van der Waals surface area contributed by atoms with Crippen molar-refractivity contribution in [3.63, 3.8) is 0 Å². The fraction of sp³-hybridized carbons (Fsp3) is 0.500. The van der Waals surface area contributed by atoms with Crippen molar-refractivity contribution in [2.75, 3.05) is 6.54 Å². The summed E-state index contributed by atoms with van der Waals surface area (Å²) in [5.41, 5.74) is -0.144. The minimum Gasteiger partial charge on any atom is -0.478 e. The van der Waals surface area contributed by atoms with Gasteiger partial charge in [0.05, 0.1) is 10.5 Å². The van der Waals surface area contributed by atoms with Gasteiger partial charge in [0.1, 0.15) is 0 Å². The van der Waals surface area contributed by atoms with Crippen LogP contribution in [0.2, 0.25) is 0 Å². The zero-order chi connectivity index (χ0) is 14.3. The lowest BCUT2D eigenvalue weighted by Gasteiger charge is -2.22. The fourth-order valence-corrected chi connectivity index (χ4v) is 4.30. The number of carboxylic acids is 1. The highest BCUT2D eigenvalue weighted by molar-refractivity contribution is 7.89. The summed E-state index contributed by atoms with van der Waals surface area (Å²) in [6.07, 6.45) is 3.89. The van der Waals surface area contributed by atoms with E-state index < -0.39 is 16.0 Å². The third kappa shape index (κ3) is 2.58. The van der Waals surface area contributed by atoms with Gasteiger partial charge in [-0.05, 0) is 43.7 Å². The molecule has 0 spiro atoms. The summed E-state index contributed by atoms with van der Waals surface area (Å²) >= 11 is 0. The lowest BCUT2D eigenvalue weighted by Crippen LogP contribution is -2.35. The molecule has 3 rings (SSSR count). The van der Waals surface area contributed by atoms with Gasteiger partial charge in [-0.25, -0.2) is 13.2 Å². The molecule has 0 amide bonds. The lowest BCUT2D eigenvalue weighted by molar-refractivity contribution is 0.0692. The number of carboxylic acid groups (broad SMARTS) is 1. The number of hydrogen-bond acceptors (Lipinski definition) is 3. The van der Waals surface area contributed by atoms with Gasteiger partial charge in [-0.2, -0.15) is 4.31 Å². The standard InChI is InChI=1S/C14H17NO4S/c16-14(17)12-3-1-2-4-13(12)20(18,19)15(11-7-8-11)9-10-5-6-10/h1-4,10-11H,5-9H2,(H,16,17). The minimum atomic E-state index is -3.72. The Morgan fingerprint density at radius 3 is 2.40 bits per heavy atom. The van der Waals surface area contributed by atoms with E-state index in [1.54, 1.807) is 12.1 Å². The molecule has 0 radical (unpaired) electrons. The average Bonchev–Trinajstić information content (AvgIpc) is 3.27. The second kappa shape index (κ2) is 4.86. The molecule has 0 bridgehead atoms. The first kappa shape index (κ1) is 13.6. The number of nitrogens with zero attached hydrogens (tertiary/aromatic N) is 1. The third-order valence-electron chi connectivity index (χ3n) is 3.79. The Labute approximate surface area is 118 Å². The van der Waals surface area contributed by atoms with Crippen molar-refractivity contribution in [2.24, 2.45) is 5.92 Å². The Balaban J connectivity index is 1.99. The van der Waals surface area contributed by atoms with Crippen molar-refractivity contribution in [1.29, 1.82) is 0 Å². The van der Waals surface area contributed by atoms with Crippen LogP contribution in [0, 0.1) is 5.92 Å². The smallest absolute Gasteiger partial charge is 0.337 e. The van der Waals surface area contributed by atoms with Gasteiger partial charge < -0.3 is 5.11 Å². The second-order valence-electron chi connectivity index (χ2n) is 5.55. The summed E-state index contributed by atoms with van der Waals surface area (Å²) in [5, 5.41) is 9.18. The van der Waals surface area contributed by atoms with Crippen LogP contribution >= 0.6 is 0 Å². The topological polar surface area (TPSA) is 74.7 Å². The van der Waals surface area contributed by atoms with E-state index in [0.29, 0.717) is 12.5 Å². The van der Waals surface area contributed by atoms with Crippen LogP contribution in [0.4, 0.5) is 0 Å². The van der Waals surface area contributed by atoms with E-state index in [-0.39, 0.29) is 16.5 Å². The van der Waals surface area contributed by atoms with Crippen LogP contribution < -0.4 is 0 Å². The zero-order valence-corrected chi connectivity index (χ0v) is 11.8. The number of aromatic carboxylic acids is 1. The van der Waals surface area contributed by atoms with Gasteiger partial charge in [-0.15, -0.1) is 0 Å². The first-order chi connectivity index (χ1) is 9.50. The van der Waals surface area contributed by atoms with Crippen LogP contribution in [0.15, 0.2) is 29.2 Å². The van der Waals surface area contributed by atoms with Crippen LogP contribution in [0.3, 0.4) is 0 Å². The predicted octanol–water partition coefficient (Wildman–Crippen LogP) is 1.95. The highest BCUT2D eigenvalue weighted by Gasteiger charge is 2.42. The summed E-state index contributed by atoms with van der Waals surface area (Å²) in [6.45, 7) is 0.529. The second-order valence-corrected chi connectivity index (χ2v) is 7.41. The summed E-state index contributed by atoms with van der Waals surface area (Å²) in [4.78, 5) is 11.1. The minimum absolute atomic E-state index is 0.0578. The van der Waals surface area contributed by atoms with E-state index >= 15 is 0 Å². The van der Waals surface area contributed by atoms with E-state index in [4.69, 9.17) is 0 Å². The van der Waals surface area contributed by atoms with Crippen molar-refractivity contribution in [2.45, 2.75) is 36.6 Å². The molecule has 2 aliphatic carbocycles. The summed E-state index contributed by atoms with van der Waals surface area (Å²) in [6, 6.07) is 5.91. The first-order valence-corrected chi connectivity index (χ1v) is 8.28. The average molecular weight is 295 g/mol. The molecule has 1 aromatic rings. The molecule has 2 aliphatic rings. The van der Waals surface area contributed by atoms with E-state index in [0.717, 1.165) is 25.7 Å². The summed E-state index contributed by atoms with van der Waals surface area (Å²) in [7, 11) is -3.72. The van der Waals surface area contributed by atoms with Gasteiger partial charge in [-0.1, -0.05) is 12.1 Å². The molecule has 1 aromatic carbocycles. The van der Waals surface area contributed by atoms with Crippen molar-refractivity contribution in [1.82, 2.24) is 4.31 Å². The van der Waals surface area contributed by atoms with Crippen molar-refractivity contribution < 1.29 is 18.3 Å². The first-order valence-electron chi connectivity index (χ1n) is 6.84.